The fourth-order valence-electron chi connectivity index (χ4n) is 2.87. The smallest absolute Gasteiger partial charge is 0.263 e. The molecule has 1 atom stereocenters. The maximum Gasteiger partial charge on any atom is 0.263 e. The molecule has 1 aliphatic heterocycles. The Morgan fingerprint density at radius 2 is 1.97 bits per heavy atom. The van der Waals surface area contributed by atoms with Crippen LogP contribution in [-0.2, 0) is 19.6 Å². The number of nitrogens with zero attached hydrogens (tertiary/aromatic N) is 1. The molecule has 0 saturated heterocycles. The summed E-state index contributed by atoms with van der Waals surface area (Å²) in [6.07, 6.45) is 0. The molecule has 0 radical (unpaired) electrons. The Kier molecular flexibility index (Phi) is 6.94. The minimum absolute atomic E-state index is 0.111. The quantitative estimate of drug-likeness (QED) is 0.538. The molecule has 11 heteroatoms. The first-order valence-corrected chi connectivity index (χ1v) is 11.2. The molecule has 9 nitrogen and oxygen atoms in total. The van der Waals surface area contributed by atoms with Crippen LogP contribution in [0.5, 0.6) is 0 Å². The van der Waals surface area contributed by atoms with Crippen molar-refractivity contribution >= 4 is 45.0 Å². The average Bonchev–Trinajstić information content (AvgIpc) is 2.98. The van der Waals surface area contributed by atoms with Crippen LogP contribution >= 0.6 is 11.6 Å². The number of aliphatic imine (C=N–C) groups is 1. The second kappa shape index (κ2) is 9.46. The van der Waals surface area contributed by atoms with Crippen molar-refractivity contribution in [2.45, 2.75) is 17.9 Å². The Morgan fingerprint density at radius 1 is 1.23 bits per heavy atom. The number of anilines is 1. The molecule has 2 aromatic rings. The number of nitrogens with one attached hydrogen (secondary N) is 3. The molecule has 2 aromatic carbocycles. The van der Waals surface area contributed by atoms with Crippen LogP contribution in [0.25, 0.3) is 0 Å². The molecule has 2 amide bonds. The summed E-state index contributed by atoms with van der Waals surface area (Å²) in [4.78, 5) is 29.0. The lowest BCUT2D eigenvalue weighted by atomic mass is 10.1. The molecule has 0 aromatic heterocycles. The molecule has 0 bridgehead atoms. The molecular formula is C20H21ClN4O5S. The zero-order valence-corrected chi connectivity index (χ0v) is 18.4. The summed E-state index contributed by atoms with van der Waals surface area (Å²) in [7, 11) is -2.16. The zero-order valence-electron chi connectivity index (χ0n) is 16.8. The number of amidine groups is 1. The van der Waals surface area contributed by atoms with Crippen LogP contribution < -0.4 is 15.4 Å². The highest BCUT2D eigenvalue weighted by Gasteiger charge is 2.31. The fourth-order valence-corrected chi connectivity index (χ4v) is 4.37. The fraction of sp³-hybridized carbons (Fsp3) is 0.250. The highest BCUT2D eigenvalue weighted by Crippen LogP contribution is 2.23. The number of halogens is 1. The number of sulfonamides is 1. The Labute approximate surface area is 184 Å². The molecule has 0 saturated carbocycles. The molecular weight excluding hydrogens is 444 g/mol. The molecule has 3 N–H and O–H groups in total. The number of carbonyl (C=O) groups excluding carboxylic acids is 2. The van der Waals surface area contributed by atoms with Crippen molar-refractivity contribution in [2.24, 2.45) is 4.99 Å². The van der Waals surface area contributed by atoms with Gasteiger partial charge in [-0.3, -0.25) is 19.3 Å². The molecule has 164 valence electrons. The molecule has 1 aliphatic rings. The van der Waals surface area contributed by atoms with E-state index in [2.05, 4.69) is 20.3 Å². The lowest BCUT2D eigenvalue weighted by Gasteiger charge is -2.12. The summed E-state index contributed by atoms with van der Waals surface area (Å²) in [6.45, 7) is 2.25. The van der Waals surface area contributed by atoms with Gasteiger partial charge < -0.3 is 15.4 Å². The van der Waals surface area contributed by atoms with E-state index in [9.17, 15) is 18.0 Å². The molecule has 1 heterocycles. The first kappa shape index (κ1) is 22.7. The predicted molar refractivity (Wildman–Crippen MR) is 117 cm³/mol. The van der Waals surface area contributed by atoms with Crippen LogP contribution in [0.2, 0.25) is 5.02 Å². The van der Waals surface area contributed by atoms with E-state index < -0.39 is 22.0 Å². The Bertz CT molecular complexity index is 1150. The Hall–Kier alpha value is -2.95. The maximum atomic E-state index is 12.5. The van der Waals surface area contributed by atoms with E-state index in [1.807, 2.05) is 0 Å². The number of ether oxygens (including phenoxy) is 1. The van der Waals surface area contributed by atoms with Gasteiger partial charge in [-0.05, 0) is 37.3 Å². The van der Waals surface area contributed by atoms with E-state index in [1.54, 1.807) is 24.3 Å². The lowest BCUT2D eigenvalue weighted by molar-refractivity contribution is -0.117. The minimum atomic E-state index is -3.69. The van der Waals surface area contributed by atoms with Gasteiger partial charge in [0.2, 0.25) is 5.91 Å². The van der Waals surface area contributed by atoms with E-state index in [0.29, 0.717) is 24.4 Å². The number of hydrogen-bond acceptors (Lipinski definition) is 6. The van der Waals surface area contributed by atoms with Crippen molar-refractivity contribution in [3.63, 3.8) is 0 Å². The monoisotopic (exact) mass is 464 g/mol. The molecule has 3 rings (SSSR count). The van der Waals surface area contributed by atoms with Crippen LogP contribution in [0.3, 0.4) is 0 Å². The van der Waals surface area contributed by atoms with E-state index in [4.69, 9.17) is 16.3 Å². The van der Waals surface area contributed by atoms with Crippen molar-refractivity contribution in [1.82, 2.24) is 10.0 Å². The molecule has 0 unspecified atom stereocenters. The number of amides is 2. The summed E-state index contributed by atoms with van der Waals surface area (Å²) in [5.74, 6) is -0.712. The van der Waals surface area contributed by atoms with E-state index in [1.165, 1.54) is 32.2 Å². The van der Waals surface area contributed by atoms with Gasteiger partial charge >= 0.3 is 0 Å². The zero-order chi connectivity index (χ0) is 22.6. The number of hydrogen-bond donors (Lipinski definition) is 3. The van der Waals surface area contributed by atoms with Crippen molar-refractivity contribution < 1.29 is 22.7 Å². The largest absolute Gasteiger partial charge is 0.383 e. The van der Waals surface area contributed by atoms with Gasteiger partial charge in [0.05, 0.1) is 22.1 Å². The maximum absolute atomic E-state index is 12.5. The van der Waals surface area contributed by atoms with Crippen molar-refractivity contribution in [2.75, 3.05) is 25.6 Å². The van der Waals surface area contributed by atoms with Crippen molar-refractivity contribution in [3.8, 4) is 0 Å². The van der Waals surface area contributed by atoms with Crippen molar-refractivity contribution in [1.29, 1.82) is 0 Å². The van der Waals surface area contributed by atoms with Gasteiger partial charge in [0, 0.05) is 24.9 Å². The molecule has 31 heavy (non-hydrogen) atoms. The number of fused-ring (bicyclic) bond motifs is 1. The minimum Gasteiger partial charge on any atom is -0.383 e. The normalized spacial score (nSPS) is 16.3. The molecule has 0 aliphatic carbocycles. The highest BCUT2D eigenvalue weighted by molar-refractivity contribution is 7.90. The first-order valence-electron chi connectivity index (χ1n) is 9.30. The van der Waals surface area contributed by atoms with Gasteiger partial charge in [0.1, 0.15) is 11.9 Å². The van der Waals surface area contributed by atoms with E-state index in [-0.39, 0.29) is 27.2 Å². The second-order valence-corrected chi connectivity index (χ2v) is 8.75. The third-order valence-electron chi connectivity index (χ3n) is 4.44. The number of carbonyl (C=O) groups is 2. The average molecular weight is 465 g/mol. The molecule has 0 fully saturated rings. The molecule has 0 spiro atoms. The van der Waals surface area contributed by atoms with Crippen LogP contribution in [0.4, 0.5) is 5.69 Å². The summed E-state index contributed by atoms with van der Waals surface area (Å²) >= 11 is 6.18. The third kappa shape index (κ3) is 5.22. The van der Waals surface area contributed by atoms with Gasteiger partial charge in [0.25, 0.3) is 15.9 Å². The predicted octanol–water partition coefficient (Wildman–Crippen LogP) is 1.78. The summed E-state index contributed by atoms with van der Waals surface area (Å²) in [5, 5.41) is 5.50. The van der Waals surface area contributed by atoms with Crippen LogP contribution in [0, 0.1) is 0 Å². The van der Waals surface area contributed by atoms with Gasteiger partial charge in [-0.25, -0.2) is 8.42 Å². The van der Waals surface area contributed by atoms with Gasteiger partial charge in [0.15, 0.2) is 0 Å². The standard InChI is InChI=1S/C20H21ClN4O5S/c1-12(23-18-15-5-3-4-6-17(15)31(28,29)25-18)19(26)24-13-7-8-14(16(21)11-13)20(27)22-9-10-30-2/h3-8,11-12H,9-10H2,1-2H3,(H,22,27)(H,23,25)(H,24,26)/t12-/m0/s1. The van der Waals surface area contributed by atoms with Crippen molar-refractivity contribution in [3.05, 3.63) is 58.6 Å². The number of methoxy groups -OCH3 is 1. The second-order valence-electron chi connectivity index (χ2n) is 6.69. The Balaban J connectivity index is 1.70. The van der Waals surface area contributed by atoms with Gasteiger partial charge in [-0.15, -0.1) is 0 Å². The van der Waals surface area contributed by atoms with Crippen LogP contribution in [0.15, 0.2) is 52.4 Å². The van der Waals surface area contributed by atoms with Crippen LogP contribution in [0.1, 0.15) is 22.8 Å². The third-order valence-corrected chi connectivity index (χ3v) is 6.15. The van der Waals surface area contributed by atoms with Gasteiger partial charge in [-0.2, -0.15) is 0 Å². The highest BCUT2D eigenvalue weighted by atomic mass is 35.5. The SMILES string of the molecule is COCCNC(=O)c1ccc(NC(=O)[C@H](C)N=C2NS(=O)(=O)c3ccccc32)cc1Cl. The lowest BCUT2D eigenvalue weighted by Crippen LogP contribution is -2.29. The number of benzene rings is 2. The van der Waals surface area contributed by atoms with E-state index in [0.717, 1.165) is 0 Å². The van der Waals surface area contributed by atoms with Gasteiger partial charge in [-0.1, -0.05) is 23.7 Å². The summed E-state index contributed by atoms with van der Waals surface area (Å²) < 4.78 is 31.6. The topological polar surface area (TPSA) is 126 Å². The Morgan fingerprint density at radius 3 is 2.68 bits per heavy atom. The van der Waals surface area contributed by atoms with E-state index >= 15 is 0 Å². The summed E-state index contributed by atoms with van der Waals surface area (Å²) in [6, 6.07) is 10.0. The first-order chi connectivity index (χ1) is 14.7. The summed E-state index contributed by atoms with van der Waals surface area (Å²) in [5.41, 5.74) is 1.05. The van der Waals surface area contributed by atoms with Crippen LogP contribution in [-0.4, -0.2) is 52.4 Å². The number of rotatable bonds is 7.